The van der Waals surface area contributed by atoms with Crippen LogP contribution >= 0.6 is 31.9 Å². The number of hydrogen-bond donors (Lipinski definition) is 1. The van der Waals surface area contributed by atoms with Crippen LogP contribution < -0.4 is 0 Å². The molecule has 1 aromatic carbocycles. The summed E-state index contributed by atoms with van der Waals surface area (Å²) in [4.78, 5) is 14.4. The number of esters is 1. The predicted octanol–water partition coefficient (Wildman–Crippen LogP) is 3.96. The molecule has 0 saturated heterocycles. The van der Waals surface area contributed by atoms with E-state index >= 15 is 0 Å². The largest absolute Gasteiger partial charge is 0.506 e. The van der Waals surface area contributed by atoms with E-state index < -0.39 is 0 Å². The number of hydrogen-bond acceptors (Lipinski definition) is 4. The smallest absolute Gasteiger partial charge is 0.340 e. The fourth-order valence-corrected chi connectivity index (χ4v) is 3.81. The number of benzene rings is 1. The zero-order chi connectivity index (χ0) is 17.5. The van der Waals surface area contributed by atoms with Crippen molar-refractivity contribution in [2.24, 2.45) is 7.05 Å². The predicted molar refractivity (Wildman–Crippen MR) is 98.1 cm³/mol. The highest BCUT2D eigenvalue weighted by atomic mass is 79.9. The second-order valence-electron chi connectivity index (χ2n) is 5.66. The van der Waals surface area contributed by atoms with Crippen molar-refractivity contribution in [1.29, 1.82) is 0 Å². The van der Waals surface area contributed by atoms with E-state index in [2.05, 4.69) is 31.9 Å². The number of nitrogens with zero attached hydrogens (tertiary/aromatic N) is 2. The van der Waals surface area contributed by atoms with Crippen LogP contribution in [0.3, 0.4) is 0 Å². The molecule has 0 saturated carbocycles. The molecule has 0 amide bonds. The average Bonchev–Trinajstić information content (AvgIpc) is 2.74. The molecule has 0 aliphatic carbocycles. The summed E-state index contributed by atoms with van der Waals surface area (Å²) in [5.41, 5.74) is 2.86. The van der Waals surface area contributed by atoms with Gasteiger partial charge in [-0.2, -0.15) is 0 Å². The van der Waals surface area contributed by atoms with Gasteiger partial charge in [0.25, 0.3) is 0 Å². The number of phenols is 1. The van der Waals surface area contributed by atoms with Crippen LogP contribution in [0.1, 0.15) is 28.5 Å². The van der Waals surface area contributed by atoms with Gasteiger partial charge in [-0.05, 0) is 59.8 Å². The Hall–Kier alpha value is -1.05. The van der Waals surface area contributed by atoms with Crippen LogP contribution in [0.5, 0.6) is 5.75 Å². The summed E-state index contributed by atoms with van der Waals surface area (Å²) >= 11 is 6.96. The van der Waals surface area contributed by atoms with Gasteiger partial charge < -0.3 is 19.3 Å². The lowest BCUT2D eigenvalue weighted by molar-refractivity contribution is 0.0527. The maximum absolute atomic E-state index is 12.5. The summed E-state index contributed by atoms with van der Waals surface area (Å²) in [6, 6.07) is 0. The number of carbonyl (C=O) groups is 1. The number of aryl methyl sites for hydroxylation is 1. The molecule has 0 atom stereocenters. The number of aromatic hydroxyl groups is 1. The quantitative estimate of drug-likeness (QED) is 0.720. The summed E-state index contributed by atoms with van der Waals surface area (Å²) in [5, 5.41) is 11.3. The van der Waals surface area contributed by atoms with Gasteiger partial charge in [-0.3, -0.25) is 0 Å². The molecule has 2 rings (SSSR count). The molecule has 23 heavy (non-hydrogen) atoms. The fourth-order valence-electron chi connectivity index (χ4n) is 2.74. The van der Waals surface area contributed by atoms with E-state index in [1.54, 1.807) is 6.92 Å². The van der Waals surface area contributed by atoms with Crippen molar-refractivity contribution in [1.82, 2.24) is 9.47 Å². The molecule has 0 aliphatic rings. The molecule has 1 aromatic heterocycles. The molecule has 0 unspecified atom stereocenters. The second kappa shape index (κ2) is 6.83. The number of fused-ring (bicyclic) bond motifs is 1. The molecule has 1 heterocycles. The lowest BCUT2D eigenvalue weighted by Gasteiger charge is -2.16. The van der Waals surface area contributed by atoms with Gasteiger partial charge in [-0.25, -0.2) is 4.79 Å². The number of rotatable bonds is 4. The maximum atomic E-state index is 12.5. The van der Waals surface area contributed by atoms with Gasteiger partial charge in [0.15, 0.2) is 0 Å². The van der Waals surface area contributed by atoms with Gasteiger partial charge in [0.1, 0.15) is 5.75 Å². The molecular formula is C16H20Br2N2O3. The number of carbonyl (C=O) groups excluding carboxylic acids is 1. The summed E-state index contributed by atoms with van der Waals surface area (Å²) in [5.74, 6) is -0.238. The van der Waals surface area contributed by atoms with Crippen LogP contribution in [-0.4, -0.2) is 41.2 Å². The SMILES string of the molecule is CCOC(=O)c1c(C)n(C)c2c(Br)c(Br)c(O)c(CN(C)C)c12. The first-order valence-corrected chi connectivity index (χ1v) is 8.80. The number of ether oxygens (including phenoxy) is 1. The maximum Gasteiger partial charge on any atom is 0.340 e. The third-order valence-electron chi connectivity index (χ3n) is 3.84. The number of aromatic nitrogens is 1. The Morgan fingerprint density at radius 2 is 1.91 bits per heavy atom. The van der Waals surface area contributed by atoms with Crippen LogP contribution in [0.15, 0.2) is 8.95 Å². The fraction of sp³-hybridized carbons (Fsp3) is 0.438. The molecule has 7 heteroatoms. The van der Waals surface area contributed by atoms with E-state index in [9.17, 15) is 9.90 Å². The molecular weight excluding hydrogens is 428 g/mol. The summed E-state index contributed by atoms with van der Waals surface area (Å²) in [7, 11) is 5.73. The Morgan fingerprint density at radius 3 is 2.43 bits per heavy atom. The highest BCUT2D eigenvalue weighted by Crippen LogP contribution is 2.45. The van der Waals surface area contributed by atoms with E-state index in [0.29, 0.717) is 33.2 Å². The molecule has 0 spiro atoms. The first-order valence-electron chi connectivity index (χ1n) is 7.21. The van der Waals surface area contributed by atoms with Crippen LogP contribution in [0.2, 0.25) is 0 Å². The van der Waals surface area contributed by atoms with Gasteiger partial charge >= 0.3 is 5.97 Å². The summed E-state index contributed by atoms with van der Waals surface area (Å²) in [6.07, 6.45) is 0. The highest BCUT2D eigenvalue weighted by Gasteiger charge is 2.27. The monoisotopic (exact) mass is 446 g/mol. The van der Waals surface area contributed by atoms with E-state index in [-0.39, 0.29) is 11.7 Å². The molecule has 0 radical (unpaired) electrons. The van der Waals surface area contributed by atoms with Crippen LogP contribution in [0, 0.1) is 6.92 Å². The summed E-state index contributed by atoms with van der Waals surface area (Å²) < 4.78 is 8.46. The molecule has 126 valence electrons. The Balaban J connectivity index is 2.97. The van der Waals surface area contributed by atoms with Crippen LogP contribution in [-0.2, 0) is 18.3 Å². The van der Waals surface area contributed by atoms with Gasteiger partial charge in [0.2, 0.25) is 0 Å². The lowest BCUT2D eigenvalue weighted by Crippen LogP contribution is -2.13. The normalized spacial score (nSPS) is 11.5. The van der Waals surface area contributed by atoms with Gasteiger partial charge in [-0.15, -0.1) is 0 Å². The molecule has 1 N–H and O–H groups in total. The minimum atomic E-state index is -0.371. The Kier molecular flexibility index (Phi) is 5.43. The van der Waals surface area contributed by atoms with E-state index in [4.69, 9.17) is 4.74 Å². The average molecular weight is 448 g/mol. The van der Waals surface area contributed by atoms with Crippen molar-refractivity contribution >= 4 is 48.7 Å². The number of phenolic OH excluding ortho intramolecular Hbond substituents is 1. The third kappa shape index (κ3) is 3.02. The Labute approximate surface area is 152 Å². The van der Waals surface area contributed by atoms with Crippen molar-refractivity contribution in [2.45, 2.75) is 20.4 Å². The topological polar surface area (TPSA) is 54.7 Å². The second-order valence-corrected chi connectivity index (χ2v) is 7.24. The summed E-state index contributed by atoms with van der Waals surface area (Å²) in [6.45, 7) is 4.47. The zero-order valence-corrected chi connectivity index (χ0v) is 17.0. The van der Waals surface area contributed by atoms with E-state index in [1.165, 1.54) is 0 Å². The zero-order valence-electron chi connectivity index (χ0n) is 13.8. The molecule has 0 aliphatic heterocycles. The Morgan fingerprint density at radius 1 is 1.30 bits per heavy atom. The molecule has 5 nitrogen and oxygen atoms in total. The van der Waals surface area contributed by atoms with Crippen LogP contribution in [0.25, 0.3) is 10.9 Å². The first kappa shape index (κ1) is 18.3. The number of halogens is 2. The van der Waals surface area contributed by atoms with Crippen molar-refractivity contribution in [3.63, 3.8) is 0 Å². The third-order valence-corrected chi connectivity index (χ3v) is 5.91. The molecule has 0 bridgehead atoms. The van der Waals surface area contributed by atoms with Crippen LogP contribution in [0.4, 0.5) is 0 Å². The van der Waals surface area contributed by atoms with Gasteiger partial charge in [-0.1, -0.05) is 0 Å². The molecule has 0 fully saturated rings. The lowest BCUT2D eigenvalue weighted by atomic mass is 10.0. The van der Waals surface area contributed by atoms with Crippen molar-refractivity contribution < 1.29 is 14.6 Å². The van der Waals surface area contributed by atoms with Gasteiger partial charge in [0.05, 0.1) is 26.6 Å². The van der Waals surface area contributed by atoms with Crippen molar-refractivity contribution in [2.75, 3.05) is 20.7 Å². The van der Waals surface area contributed by atoms with Crippen molar-refractivity contribution in [3.8, 4) is 5.75 Å². The van der Waals surface area contributed by atoms with Gasteiger partial charge in [0, 0.05) is 30.2 Å². The Bertz CT molecular complexity index is 782. The highest BCUT2D eigenvalue weighted by molar-refractivity contribution is 9.13. The standard InChI is InChI=1S/C16H20Br2N2O3/c1-6-23-16(22)10-8(2)20(5)14-11(10)9(7-19(3)4)15(21)13(18)12(14)17/h21H,6-7H2,1-5H3. The molecule has 2 aromatic rings. The van der Waals surface area contributed by atoms with Crippen molar-refractivity contribution in [3.05, 3.63) is 25.8 Å². The minimum Gasteiger partial charge on any atom is -0.506 e. The van der Waals surface area contributed by atoms with E-state index in [1.807, 2.05) is 37.5 Å². The minimum absolute atomic E-state index is 0.134. The first-order chi connectivity index (χ1) is 10.7. The van der Waals surface area contributed by atoms with E-state index in [0.717, 1.165) is 16.6 Å².